The Bertz CT molecular complexity index is 131. The molecule has 0 aromatic carbocycles. The molecule has 1 aliphatic rings. The van der Waals surface area contributed by atoms with Crippen molar-refractivity contribution in [3.8, 4) is 0 Å². The smallest absolute Gasteiger partial charge is 0.388 e. The summed E-state index contributed by atoms with van der Waals surface area (Å²) in [6, 6.07) is 1.12. The second-order valence-electron chi connectivity index (χ2n) is 2.96. The van der Waals surface area contributed by atoms with Gasteiger partial charge >= 0.3 is 6.18 Å². The average Bonchev–Trinajstić information content (AvgIpc) is 2.02. The summed E-state index contributed by atoms with van der Waals surface area (Å²) in [6.45, 7) is 0.673. The molecule has 0 aliphatic carbocycles. The normalized spacial score (nSPS) is 21.2. The van der Waals surface area contributed by atoms with Gasteiger partial charge in [-0.3, -0.25) is 0 Å². The Morgan fingerprint density at radius 3 is 2.50 bits per heavy atom. The Morgan fingerprint density at radius 2 is 2.00 bits per heavy atom. The molecule has 0 unspecified atom stereocenters. The van der Waals surface area contributed by atoms with Crippen molar-refractivity contribution >= 4 is 9.04 Å². The third-order valence-electron chi connectivity index (χ3n) is 1.84. The van der Waals surface area contributed by atoms with E-state index in [1.807, 2.05) is 0 Å². The first kappa shape index (κ1) is 10.1. The molecule has 1 rings (SSSR count). The van der Waals surface area contributed by atoms with Gasteiger partial charge < -0.3 is 4.43 Å². The Kier molecular flexibility index (Phi) is 3.58. The lowest BCUT2D eigenvalue weighted by molar-refractivity contribution is -0.131. The SMILES string of the molecule is FC(F)(F)CC[Si]1CCCCO1. The maximum Gasteiger partial charge on any atom is 0.388 e. The molecule has 1 fully saturated rings. The summed E-state index contributed by atoms with van der Waals surface area (Å²) in [4.78, 5) is 0. The molecule has 71 valence electrons. The number of halogens is 3. The lowest BCUT2D eigenvalue weighted by Crippen LogP contribution is -2.25. The fraction of sp³-hybridized carbons (Fsp3) is 1.00. The molecule has 0 atom stereocenters. The molecular formula is C7H12F3OSi. The van der Waals surface area contributed by atoms with Crippen LogP contribution < -0.4 is 0 Å². The van der Waals surface area contributed by atoms with E-state index in [9.17, 15) is 13.2 Å². The minimum absolute atomic E-state index is 0.230. The third kappa shape index (κ3) is 4.11. The van der Waals surface area contributed by atoms with Crippen LogP contribution in [0.5, 0.6) is 0 Å². The fourth-order valence-corrected chi connectivity index (χ4v) is 3.37. The highest BCUT2D eigenvalue weighted by Gasteiger charge is 2.30. The van der Waals surface area contributed by atoms with Crippen LogP contribution in [0.4, 0.5) is 13.2 Å². The van der Waals surface area contributed by atoms with E-state index in [0.717, 1.165) is 18.9 Å². The van der Waals surface area contributed by atoms with Crippen LogP contribution in [-0.2, 0) is 4.43 Å². The van der Waals surface area contributed by atoms with Crippen LogP contribution in [0, 0.1) is 0 Å². The highest BCUT2D eigenvalue weighted by molar-refractivity contribution is 6.51. The van der Waals surface area contributed by atoms with Crippen LogP contribution in [0.2, 0.25) is 12.1 Å². The molecule has 1 nitrogen and oxygen atoms in total. The van der Waals surface area contributed by atoms with Crippen molar-refractivity contribution in [2.24, 2.45) is 0 Å². The molecule has 0 aromatic heterocycles. The van der Waals surface area contributed by atoms with E-state index in [1.165, 1.54) is 0 Å². The molecular weight excluding hydrogens is 185 g/mol. The van der Waals surface area contributed by atoms with Gasteiger partial charge in [0.1, 0.15) is 0 Å². The zero-order valence-electron chi connectivity index (χ0n) is 6.78. The molecule has 1 radical (unpaired) electrons. The topological polar surface area (TPSA) is 9.23 Å². The van der Waals surface area contributed by atoms with Gasteiger partial charge in [0.15, 0.2) is 0 Å². The van der Waals surface area contributed by atoms with Gasteiger partial charge in [0.25, 0.3) is 0 Å². The Balaban J connectivity index is 2.13. The number of hydrogen-bond donors (Lipinski definition) is 0. The highest BCUT2D eigenvalue weighted by Crippen LogP contribution is 2.25. The summed E-state index contributed by atoms with van der Waals surface area (Å²) in [5.74, 6) is 0. The summed E-state index contributed by atoms with van der Waals surface area (Å²) >= 11 is 0. The van der Waals surface area contributed by atoms with Crippen molar-refractivity contribution in [2.75, 3.05) is 6.61 Å². The van der Waals surface area contributed by atoms with Crippen LogP contribution >= 0.6 is 0 Å². The molecule has 1 aliphatic heterocycles. The van der Waals surface area contributed by atoms with Crippen LogP contribution in [0.3, 0.4) is 0 Å². The molecule has 0 saturated carbocycles. The second kappa shape index (κ2) is 4.27. The van der Waals surface area contributed by atoms with Crippen molar-refractivity contribution in [2.45, 2.75) is 37.5 Å². The van der Waals surface area contributed by atoms with Crippen LogP contribution in [0.25, 0.3) is 0 Å². The van der Waals surface area contributed by atoms with Gasteiger partial charge in [-0.1, -0.05) is 6.42 Å². The van der Waals surface area contributed by atoms with E-state index in [4.69, 9.17) is 4.43 Å². The molecule has 0 amide bonds. The van der Waals surface area contributed by atoms with Gasteiger partial charge in [-0.25, -0.2) is 0 Å². The van der Waals surface area contributed by atoms with Gasteiger partial charge in [0.05, 0.1) is 0 Å². The highest BCUT2D eigenvalue weighted by atomic mass is 28.3. The monoisotopic (exact) mass is 197 g/mol. The number of hydrogen-bond acceptors (Lipinski definition) is 1. The summed E-state index contributed by atoms with van der Waals surface area (Å²) < 4.78 is 40.6. The zero-order chi connectivity index (χ0) is 9.03. The number of alkyl halides is 3. The summed E-state index contributed by atoms with van der Waals surface area (Å²) in [7, 11) is -1.10. The van der Waals surface area contributed by atoms with Gasteiger partial charge in [-0.15, -0.1) is 0 Å². The molecule has 1 heterocycles. The van der Waals surface area contributed by atoms with Crippen molar-refractivity contribution in [3.63, 3.8) is 0 Å². The maximum atomic E-state index is 11.8. The average molecular weight is 197 g/mol. The van der Waals surface area contributed by atoms with E-state index in [2.05, 4.69) is 0 Å². The van der Waals surface area contributed by atoms with Gasteiger partial charge in [0.2, 0.25) is 9.04 Å². The van der Waals surface area contributed by atoms with Gasteiger partial charge in [-0.05, 0) is 18.5 Å². The maximum absolute atomic E-state index is 11.8. The predicted molar refractivity (Wildman–Crippen MR) is 41.2 cm³/mol. The lowest BCUT2D eigenvalue weighted by Gasteiger charge is -2.20. The molecule has 5 heteroatoms. The van der Waals surface area contributed by atoms with Crippen LogP contribution in [0.1, 0.15) is 19.3 Å². The minimum atomic E-state index is -4.00. The van der Waals surface area contributed by atoms with Crippen molar-refractivity contribution < 1.29 is 17.6 Å². The zero-order valence-corrected chi connectivity index (χ0v) is 7.78. The first-order valence-corrected chi connectivity index (χ1v) is 5.94. The van der Waals surface area contributed by atoms with Crippen molar-refractivity contribution in [1.29, 1.82) is 0 Å². The fourth-order valence-electron chi connectivity index (χ4n) is 1.19. The predicted octanol–water partition coefficient (Wildman–Crippen LogP) is 2.74. The quantitative estimate of drug-likeness (QED) is 0.618. The van der Waals surface area contributed by atoms with E-state index >= 15 is 0 Å². The van der Waals surface area contributed by atoms with E-state index in [0.29, 0.717) is 6.61 Å². The van der Waals surface area contributed by atoms with E-state index < -0.39 is 21.6 Å². The summed E-state index contributed by atoms with van der Waals surface area (Å²) in [5, 5.41) is 0. The first-order chi connectivity index (χ1) is 5.58. The minimum Gasteiger partial charge on any atom is -0.417 e. The number of rotatable bonds is 2. The standard InChI is InChI=1S/C7H12F3OSi/c8-7(9,10)3-6-12-5-2-1-4-11-12/h1-6H2. The third-order valence-corrected chi connectivity index (χ3v) is 4.17. The Morgan fingerprint density at radius 1 is 1.25 bits per heavy atom. The van der Waals surface area contributed by atoms with Crippen molar-refractivity contribution in [3.05, 3.63) is 0 Å². The summed E-state index contributed by atoms with van der Waals surface area (Å²) in [5.41, 5.74) is 0. The molecule has 0 spiro atoms. The van der Waals surface area contributed by atoms with Crippen molar-refractivity contribution in [1.82, 2.24) is 0 Å². The van der Waals surface area contributed by atoms with Gasteiger partial charge in [-0.2, -0.15) is 13.2 Å². The largest absolute Gasteiger partial charge is 0.417 e. The first-order valence-electron chi connectivity index (χ1n) is 4.12. The molecule has 0 N–H and O–H groups in total. The second-order valence-corrected chi connectivity index (χ2v) is 5.33. The van der Waals surface area contributed by atoms with E-state index in [1.54, 1.807) is 0 Å². The van der Waals surface area contributed by atoms with Crippen LogP contribution in [0.15, 0.2) is 0 Å². The molecule has 0 bridgehead atoms. The van der Waals surface area contributed by atoms with E-state index in [-0.39, 0.29) is 6.04 Å². The molecule has 1 saturated heterocycles. The lowest BCUT2D eigenvalue weighted by atomic mass is 10.4. The Hall–Kier alpha value is -0.0331. The van der Waals surface area contributed by atoms with Gasteiger partial charge in [0, 0.05) is 13.0 Å². The molecule has 0 aromatic rings. The summed E-state index contributed by atoms with van der Waals surface area (Å²) in [6.07, 6.45) is -2.61. The Labute approximate surface area is 71.6 Å². The van der Waals surface area contributed by atoms with Crippen LogP contribution in [-0.4, -0.2) is 21.8 Å². The molecule has 12 heavy (non-hydrogen) atoms.